The molecule has 0 saturated heterocycles. The number of halogens is 1. The van der Waals surface area contributed by atoms with Crippen LogP contribution in [0, 0.1) is 6.92 Å². The molecule has 0 unspecified atom stereocenters. The van der Waals surface area contributed by atoms with Crippen molar-refractivity contribution in [2.24, 2.45) is 0 Å². The third kappa shape index (κ3) is 3.14. The Labute approximate surface area is 109 Å². The molecule has 0 amide bonds. The molecule has 2 aromatic rings. The van der Waals surface area contributed by atoms with Crippen LogP contribution in [0.5, 0.6) is 0 Å². The van der Waals surface area contributed by atoms with E-state index in [1.165, 1.54) is 0 Å². The maximum atomic E-state index is 5.58. The summed E-state index contributed by atoms with van der Waals surface area (Å²) in [6, 6.07) is 6.03. The van der Waals surface area contributed by atoms with Crippen LogP contribution in [-0.4, -0.2) is 16.7 Å². The number of benzene rings is 1. The maximum absolute atomic E-state index is 5.58. The van der Waals surface area contributed by atoms with Gasteiger partial charge < -0.3 is 9.73 Å². The molecular weight excluding hydrogens is 282 g/mol. The van der Waals surface area contributed by atoms with Gasteiger partial charge in [-0.05, 0) is 37.2 Å². The van der Waals surface area contributed by atoms with Gasteiger partial charge in [0.2, 0.25) is 11.8 Å². The van der Waals surface area contributed by atoms with Crippen LogP contribution in [0.1, 0.15) is 18.4 Å². The van der Waals surface area contributed by atoms with Crippen molar-refractivity contribution in [3.8, 4) is 11.5 Å². The van der Waals surface area contributed by atoms with E-state index >= 15 is 0 Å². The standard InChI is InChI=1S/C12H14BrN3O/c1-3-14-7-11-15-16-12(17-11)9-4-8(2)5-10(13)6-9/h4-6,14H,3,7H2,1-2H3. The van der Waals surface area contributed by atoms with Crippen molar-refractivity contribution in [3.63, 3.8) is 0 Å². The van der Waals surface area contributed by atoms with E-state index in [0.717, 1.165) is 22.1 Å². The number of nitrogens with one attached hydrogen (secondary N) is 1. The summed E-state index contributed by atoms with van der Waals surface area (Å²) in [6.45, 7) is 5.56. The quantitative estimate of drug-likeness (QED) is 0.942. The third-order valence-electron chi connectivity index (χ3n) is 2.28. The zero-order valence-electron chi connectivity index (χ0n) is 9.83. The van der Waals surface area contributed by atoms with Crippen molar-refractivity contribution in [2.75, 3.05) is 6.54 Å². The van der Waals surface area contributed by atoms with Crippen LogP contribution >= 0.6 is 15.9 Å². The molecule has 2 rings (SSSR count). The van der Waals surface area contributed by atoms with Crippen LogP contribution in [0.4, 0.5) is 0 Å². The van der Waals surface area contributed by atoms with E-state index in [1.54, 1.807) is 0 Å². The summed E-state index contributed by atoms with van der Waals surface area (Å²) >= 11 is 3.46. The van der Waals surface area contributed by atoms with Gasteiger partial charge in [-0.25, -0.2) is 0 Å². The van der Waals surface area contributed by atoms with E-state index < -0.39 is 0 Å². The minimum atomic E-state index is 0.558. The number of hydrogen-bond donors (Lipinski definition) is 1. The Bertz CT molecular complexity index is 490. The maximum Gasteiger partial charge on any atom is 0.247 e. The van der Waals surface area contributed by atoms with Crippen LogP contribution in [0.2, 0.25) is 0 Å². The first-order valence-electron chi connectivity index (χ1n) is 5.49. The normalized spacial score (nSPS) is 10.8. The third-order valence-corrected chi connectivity index (χ3v) is 2.74. The van der Waals surface area contributed by atoms with Gasteiger partial charge in [0.1, 0.15) is 0 Å². The summed E-state index contributed by atoms with van der Waals surface area (Å²) < 4.78 is 6.59. The Kier molecular flexibility index (Phi) is 3.91. The van der Waals surface area contributed by atoms with Crippen LogP contribution in [0.25, 0.3) is 11.5 Å². The van der Waals surface area contributed by atoms with E-state index in [-0.39, 0.29) is 0 Å². The van der Waals surface area contributed by atoms with Crippen LogP contribution < -0.4 is 5.32 Å². The Morgan fingerprint density at radius 3 is 2.82 bits per heavy atom. The fourth-order valence-electron chi connectivity index (χ4n) is 1.53. The van der Waals surface area contributed by atoms with Gasteiger partial charge in [0.25, 0.3) is 0 Å². The zero-order valence-corrected chi connectivity index (χ0v) is 11.4. The van der Waals surface area contributed by atoms with Crippen molar-refractivity contribution in [1.29, 1.82) is 0 Å². The Morgan fingerprint density at radius 2 is 2.12 bits per heavy atom. The lowest BCUT2D eigenvalue weighted by Crippen LogP contribution is -2.11. The largest absolute Gasteiger partial charge is 0.419 e. The fraction of sp³-hybridized carbons (Fsp3) is 0.333. The fourth-order valence-corrected chi connectivity index (χ4v) is 2.14. The van der Waals surface area contributed by atoms with E-state index in [0.29, 0.717) is 18.3 Å². The molecule has 0 bridgehead atoms. The van der Waals surface area contributed by atoms with Gasteiger partial charge in [-0.3, -0.25) is 0 Å². The van der Waals surface area contributed by atoms with Gasteiger partial charge in [-0.2, -0.15) is 0 Å². The highest BCUT2D eigenvalue weighted by atomic mass is 79.9. The molecule has 4 nitrogen and oxygen atoms in total. The predicted molar refractivity (Wildman–Crippen MR) is 69.6 cm³/mol. The first-order chi connectivity index (χ1) is 8.19. The Morgan fingerprint density at radius 1 is 1.29 bits per heavy atom. The van der Waals surface area contributed by atoms with E-state index in [2.05, 4.69) is 31.4 Å². The molecule has 0 radical (unpaired) electrons. The van der Waals surface area contributed by atoms with Gasteiger partial charge in [0.15, 0.2) is 0 Å². The number of nitrogens with zero attached hydrogens (tertiary/aromatic N) is 2. The van der Waals surface area contributed by atoms with E-state index in [4.69, 9.17) is 4.42 Å². The lowest BCUT2D eigenvalue weighted by molar-refractivity contribution is 0.482. The molecule has 0 atom stereocenters. The second-order valence-electron chi connectivity index (χ2n) is 3.80. The van der Waals surface area contributed by atoms with Crippen molar-refractivity contribution >= 4 is 15.9 Å². The molecule has 1 aromatic carbocycles. The number of hydrogen-bond acceptors (Lipinski definition) is 4. The lowest BCUT2D eigenvalue weighted by Gasteiger charge is -1.99. The van der Waals surface area contributed by atoms with E-state index in [9.17, 15) is 0 Å². The van der Waals surface area contributed by atoms with Gasteiger partial charge in [0, 0.05) is 10.0 Å². The molecule has 1 heterocycles. The van der Waals surface area contributed by atoms with Crippen molar-refractivity contribution < 1.29 is 4.42 Å². The molecule has 0 aliphatic carbocycles. The Balaban J connectivity index is 2.24. The summed E-state index contributed by atoms with van der Waals surface area (Å²) in [4.78, 5) is 0. The molecule has 17 heavy (non-hydrogen) atoms. The molecule has 90 valence electrons. The number of aromatic nitrogens is 2. The van der Waals surface area contributed by atoms with Crippen LogP contribution in [0.3, 0.4) is 0 Å². The molecule has 1 aromatic heterocycles. The molecule has 0 aliphatic rings. The van der Waals surface area contributed by atoms with E-state index in [1.807, 2.05) is 32.0 Å². The summed E-state index contributed by atoms with van der Waals surface area (Å²) in [6.07, 6.45) is 0. The van der Waals surface area contributed by atoms with Gasteiger partial charge in [-0.15, -0.1) is 10.2 Å². The Hall–Kier alpha value is -1.20. The zero-order chi connectivity index (χ0) is 12.3. The van der Waals surface area contributed by atoms with Crippen molar-refractivity contribution in [1.82, 2.24) is 15.5 Å². The van der Waals surface area contributed by atoms with Crippen molar-refractivity contribution in [3.05, 3.63) is 34.1 Å². The first kappa shape index (κ1) is 12.3. The summed E-state index contributed by atoms with van der Waals surface area (Å²) in [5, 5.41) is 11.2. The predicted octanol–water partition coefficient (Wildman–Crippen LogP) is 2.92. The van der Waals surface area contributed by atoms with Crippen molar-refractivity contribution in [2.45, 2.75) is 20.4 Å². The number of aryl methyl sites for hydroxylation is 1. The average Bonchev–Trinajstić information content (AvgIpc) is 2.73. The summed E-state index contributed by atoms with van der Waals surface area (Å²) in [5.74, 6) is 1.17. The highest BCUT2D eigenvalue weighted by molar-refractivity contribution is 9.10. The lowest BCUT2D eigenvalue weighted by atomic mass is 10.1. The average molecular weight is 296 g/mol. The highest BCUT2D eigenvalue weighted by Crippen LogP contribution is 2.23. The van der Waals surface area contributed by atoms with Crippen LogP contribution in [0.15, 0.2) is 27.1 Å². The molecule has 0 fully saturated rings. The minimum Gasteiger partial charge on any atom is -0.419 e. The SMILES string of the molecule is CCNCc1nnc(-c2cc(C)cc(Br)c2)o1. The summed E-state index contributed by atoms with van der Waals surface area (Å²) in [5.41, 5.74) is 2.09. The molecule has 1 N–H and O–H groups in total. The molecule has 0 saturated carbocycles. The molecule has 0 aliphatic heterocycles. The van der Waals surface area contributed by atoms with Crippen LogP contribution in [-0.2, 0) is 6.54 Å². The smallest absolute Gasteiger partial charge is 0.247 e. The van der Waals surface area contributed by atoms with Gasteiger partial charge in [-0.1, -0.05) is 22.9 Å². The molecule has 5 heteroatoms. The second kappa shape index (κ2) is 5.42. The monoisotopic (exact) mass is 295 g/mol. The second-order valence-corrected chi connectivity index (χ2v) is 4.71. The first-order valence-corrected chi connectivity index (χ1v) is 6.29. The molecule has 0 spiro atoms. The summed E-state index contributed by atoms with van der Waals surface area (Å²) in [7, 11) is 0. The highest BCUT2D eigenvalue weighted by Gasteiger charge is 2.09. The number of rotatable bonds is 4. The topological polar surface area (TPSA) is 51.0 Å². The molecular formula is C12H14BrN3O. The van der Waals surface area contributed by atoms with Gasteiger partial charge >= 0.3 is 0 Å². The van der Waals surface area contributed by atoms with Gasteiger partial charge in [0.05, 0.1) is 6.54 Å². The minimum absolute atomic E-state index is 0.558.